The fourth-order valence-corrected chi connectivity index (χ4v) is 4.12. The number of phenols is 1. The van der Waals surface area contributed by atoms with Crippen molar-refractivity contribution in [2.75, 3.05) is 12.0 Å². The summed E-state index contributed by atoms with van der Waals surface area (Å²) in [6, 6.07) is 8.66. The quantitative estimate of drug-likeness (QED) is 0.307. The highest BCUT2D eigenvalue weighted by atomic mass is 79.9. The molecule has 2 aromatic carbocycles. The van der Waals surface area contributed by atoms with Crippen LogP contribution < -0.4 is 9.64 Å². The highest BCUT2D eigenvalue weighted by Crippen LogP contribution is 2.39. The van der Waals surface area contributed by atoms with Crippen LogP contribution >= 0.6 is 39.9 Å². The highest BCUT2D eigenvalue weighted by Gasteiger charge is 2.33. The van der Waals surface area contributed by atoms with Gasteiger partial charge in [-0.15, -0.1) is 0 Å². The van der Waals surface area contributed by atoms with Gasteiger partial charge in [-0.25, -0.2) is 0 Å². The van der Waals surface area contributed by atoms with Gasteiger partial charge in [-0.1, -0.05) is 39.9 Å². The molecule has 3 rings (SSSR count). The highest BCUT2D eigenvalue weighted by molar-refractivity contribution is 9.10. The van der Waals surface area contributed by atoms with Crippen molar-refractivity contribution in [1.29, 1.82) is 0 Å². The predicted molar refractivity (Wildman–Crippen MR) is 111 cm³/mol. The molecule has 1 N–H and O–H groups in total. The molecule has 1 fully saturated rings. The summed E-state index contributed by atoms with van der Waals surface area (Å²) in [6.07, 6.45) is 1.64. The van der Waals surface area contributed by atoms with Crippen molar-refractivity contribution in [3.63, 3.8) is 0 Å². The number of hydrogen-bond donors (Lipinski definition) is 1. The fraction of sp³-hybridized carbons (Fsp3) is 0.0588. The van der Waals surface area contributed by atoms with Gasteiger partial charge in [-0.2, -0.15) is 0 Å². The summed E-state index contributed by atoms with van der Waals surface area (Å²) in [7, 11) is 1.43. The van der Waals surface area contributed by atoms with E-state index in [9.17, 15) is 20.0 Å². The number of thioether (sulfide) groups is 1. The molecule has 1 aliphatic heterocycles. The molecule has 0 aromatic heterocycles. The van der Waals surface area contributed by atoms with Crippen molar-refractivity contribution in [1.82, 2.24) is 0 Å². The van der Waals surface area contributed by atoms with Crippen LogP contribution in [0.4, 0.5) is 11.4 Å². The van der Waals surface area contributed by atoms with E-state index in [4.69, 9.17) is 17.0 Å². The number of carbonyl (C=O) groups is 1. The monoisotopic (exact) mass is 466 g/mol. The number of anilines is 1. The molecule has 1 saturated heterocycles. The van der Waals surface area contributed by atoms with E-state index in [0.29, 0.717) is 24.9 Å². The number of thiocarbonyl (C=S) groups is 1. The maximum atomic E-state index is 12.8. The van der Waals surface area contributed by atoms with Crippen molar-refractivity contribution < 1.29 is 19.6 Å². The van der Waals surface area contributed by atoms with E-state index < -0.39 is 4.92 Å². The second kappa shape index (κ2) is 7.67. The van der Waals surface area contributed by atoms with Crippen molar-refractivity contribution in [2.24, 2.45) is 0 Å². The SMILES string of the molecule is COc1cc(/C=C2/SC(=S)N(c3ccc([N+](=O)[O-])cc3)C2=O)c(Br)cc1O. The zero-order valence-electron chi connectivity index (χ0n) is 13.7. The van der Waals surface area contributed by atoms with E-state index in [2.05, 4.69) is 15.9 Å². The Hall–Kier alpha value is -2.43. The van der Waals surface area contributed by atoms with Crippen molar-refractivity contribution in [3.8, 4) is 11.5 Å². The van der Waals surface area contributed by atoms with E-state index in [1.165, 1.54) is 42.3 Å². The van der Waals surface area contributed by atoms with Gasteiger partial charge in [0.05, 0.1) is 22.6 Å². The van der Waals surface area contributed by atoms with E-state index in [1.807, 2.05) is 0 Å². The Morgan fingerprint density at radius 3 is 2.59 bits per heavy atom. The molecule has 1 aliphatic rings. The first-order chi connectivity index (χ1) is 12.8. The number of phenolic OH excluding ortho intramolecular Hbond substituents is 1. The lowest BCUT2D eigenvalue weighted by atomic mass is 10.2. The number of non-ortho nitro benzene ring substituents is 1. The number of rotatable bonds is 4. The molecule has 138 valence electrons. The van der Waals surface area contributed by atoms with E-state index >= 15 is 0 Å². The molecule has 0 unspecified atom stereocenters. The van der Waals surface area contributed by atoms with Crippen LogP contribution in [0, 0.1) is 10.1 Å². The number of aromatic hydroxyl groups is 1. The topological polar surface area (TPSA) is 92.9 Å². The Balaban J connectivity index is 1.94. The molecule has 7 nitrogen and oxygen atoms in total. The molecule has 1 heterocycles. The van der Waals surface area contributed by atoms with Crippen molar-refractivity contribution >= 4 is 67.6 Å². The van der Waals surface area contributed by atoms with Crippen molar-refractivity contribution in [3.05, 3.63) is 61.5 Å². The smallest absolute Gasteiger partial charge is 0.270 e. The minimum atomic E-state index is -0.510. The summed E-state index contributed by atoms with van der Waals surface area (Å²) < 4.78 is 6.00. The van der Waals surface area contributed by atoms with Gasteiger partial charge < -0.3 is 9.84 Å². The summed E-state index contributed by atoms with van der Waals surface area (Å²) in [5.74, 6) is -0.0898. The molecular weight excluding hydrogens is 456 g/mol. The van der Waals surface area contributed by atoms with Crippen LogP contribution in [0.15, 0.2) is 45.8 Å². The molecule has 0 atom stereocenters. The molecule has 1 amide bonds. The van der Waals surface area contributed by atoms with Crippen LogP contribution in [0.1, 0.15) is 5.56 Å². The lowest BCUT2D eigenvalue weighted by Gasteiger charge is -2.14. The number of methoxy groups -OCH3 is 1. The second-order valence-electron chi connectivity index (χ2n) is 5.34. The van der Waals surface area contributed by atoms with Gasteiger partial charge in [0.2, 0.25) is 0 Å². The standard InChI is InChI=1S/C17H11BrN2O5S2/c1-25-14-6-9(12(18)8-13(14)21)7-15-16(22)19(17(26)27-15)10-2-4-11(5-3-10)20(23)24/h2-8,21H,1H3/b15-7+. The first-order valence-corrected chi connectivity index (χ1v) is 9.42. The lowest BCUT2D eigenvalue weighted by molar-refractivity contribution is -0.384. The van der Waals surface area contributed by atoms with Gasteiger partial charge in [0.1, 0.15) is 0 Å². The third-order valence-corrected chi connectivity index (χ3v) is 5.69. The first kappa shape index (κ1) is 19.3. The van der Waals surface area contributed by atoms with Crippen LogP contribution in [-0.4, -0.2) is 27.4 Å². The maximum Gasteiger partial charge on any atom is 0.270 e. The Labute approximate surface area is 171 Å². The number of nitrogens with zero attached hydrogens (tertiary/aromatic N) is 2. The van der Waals surface area contributed by atoms with Gasteiger partial charge >= 0.3 is 0 Å². The maximum absolute atomic E-state index is 12.8. The number of nitro benzene ring substituents is 1. The molecule has 0 aliphatic carbocycles. The van der Waals surface area contributed by atoms with Gasteiger partial charge in [-0.05, 0) is 35.9 Å². The third kappa shape index (κ3) is 3.82. The number of benzene rings is 2. The zero-order chi connectivity index (χ0) is 19.7. The molecule has 0 saturated carbocycles. The summed E-state index contributed by atoms with van der Waals surface area (Å²) in [6.45, 7) is 0. The van der Waals surface area contributed by atoms with Crippen LogP contribution in [-0.2, 0) is 4.79 Å². The van der Waals surface area contributed by atoms with E-state index in [1.54, 1.807) is 12.1 Å². The average Bonchev–Trinajstić information content (AvgIpc) is 2.91. The van der Waals surface area contributed by atoms with Crippen LogP contribution in [0.25, 0.3) is 6.08 Å². The zero-order valence-corrected chi connectivity index (χ0v) is 16.9. The number of ether oxygens (including phenoxy) is 1. The third-order valence-electron chi connectivity index (χ3n) is 3.70. The summed E-state index contributed by atoms with van der Waals surface area (Å²) >= 11 is 9.76. The number of halogens is 1. The van der Waals surface area contributed by atoms with Gasteiger partial charge in [0.15, 0.2) is 15.8 Å². The first-order valence-electron chi connectivity index (χ1n) is 7.40. The Kier molecular flexibility index (Phi) is 5.49. The molecule has 0 radical (unpaired) electrons. The molecule has 0 spiro atoms. The van der Waals surface area contributed by atoms with Crippen LogP contribution in [0.2, 0.25) is 0 Å². The summed E-state index contributed by atoms with van der Waals surface area (Å²) in [4.78, 5) is 24.8. The average molecular weight is 467 g/mol. The molecule has 0 bridgehead atoms. The fourth-order valence-electron chi connectivity index (χ4n) is 2.39. The minimum Gasteiger partial charge on any atom is -0.504 e. The largest absolute Gasteiger partial charge is 0.504 e. The van der Waals surface area contributed by atoms with E-state index in [-0.39, 0.29) is 23.1 Å². The van der Waals surface area contributed by atoms with E-state index in [0.717, 1.165) is 11.8 Å². The Bertz CT molecular complexity index is 992. The van der Waals surface area contributed by atoms with Crippen molar-refractivity contribution in [2.45, 2.75) is 0 Å². The van der Waals surface area contributed by atoms with Gasteiger partial charge in [-0.3, -0.25) is 19.8 Å². The summed E-state index contributed by atoms with van der Waals surface area (Å²) in [5.41, 5.74) is 1.02. The molecule has 2 aromatic rings. The van der Waals surface area contributed by atoms with Gasteiger partial charge in [0, 0.05) is 16.6 Å². The molecule has 10 heteroatoms. The molecule has 27 heavy (non-hydrogen) atoms. The minimum absolute atomic E-state index is 0.0278. The second-order valence-corrected chi connectivity index (χ2v) is 7.87. The predicted octanol–water partition coefficient (Wildman–Crippen LogP) is 4.48. The number of carbonyl (C=O) groups excluding carboxylic acids is 1. The lowest BCUT2D eigenvalue weighted by Crippen LogP contribution is -2.27. The van der Waals surface area contributed by atoms with Crippen LogP contribution in [0.3, 0.4) is 0 Å². The number of nitro groups is 1. The Morgan fingerprint density at radius 2 is 2.00 bits per heavy atom. The molecular formula is C17H11BrN2O5S2. The summed E-state index contributed by atoms with van der Waals surface area (Å²) in [5, 5.41) is 20.6. The normalized spacial score (nSPS) is 15.5. The van der Waals surface area contributed by atoms with Gasteiger partial charge in [0.25, 0.3) is 11.6 Å². The Morgan fingerprint density at radius 1 is 1.33 bits per heavy atom. The number of amides is 1. The van der Waals surface area contributed by atoms with Crippen LogP contribution in [0.5, 0.6) is 11.5 Å². The number of hydrogen-bond acceptors (Lipinski definition) is 7.